The second kappa shape index (κ2) is 11.4. The molecule has 0 saturated heterocycles. The zero-order valence-corrected chi connectivity index (χ0v) is 20.6. The minimum atomic E-state index is 0.558. The van der Waals surface area contributed by atoms with Gasteiger partial charge >= 0.3 is 0 Å². The van der Waals surface area contributed by atoms with Crippen LogP contribution >= 0.6 is 0 Å². The molecule has 1 aromatic heterocycles. The molecule has 0 unspecified atom stereocenters. The minimum absolute atomic E-state index is 0.558. The summed E-state index contributed by atoms with van der Waals surface area (Å²) in [4.78, 5) is 4.60. The van der Waals surface area contributed by atoms with Crippen molar-refractivity contribution >= 4 is 5.69 Å². The molecule has 5 heteroatoms. The zero-order valence-electron chi connectivity index (χ0n) is 20.6. The van der Waals surface area contributed by atoms with Crippen LogP contribution in [0.5, 0.6) is 17.2 Å². The molecule has 4 aromatic rings. The Morgan fingerprint density at radius 1 is 0.657 bits per heavy atom. The van der Waals surface area contributed by atoms with Crippen LogP contribution in [-0.4, -0.2) is 24.8 Å². The van der Waals surface area contributed by atoms with E-state index in [-0.39, 0.29) is 0 Å². The summed E-state index contributed by atoms with van der Waals surface area (Å²) in [6, 6.07) is 24.2. The number of benzene rings is 3. The molecule has 35 heavy (non-hydrogen) atoms. The van der Waals surface area contributed by atoms with Gasteiger partial charge in [0.2, 0.25) is 0 Å². The first-order chi connectivity index (χ1) is 17.1. The van der Waals surface area contributed by atoms with E-state index in [2.05, 4.69) is 36.2 Å². The molecule has 0 aliphatic carbocycles. The van der Waals surface area contributed by atoms with E-state index < -0.39 is 0 Å². The molecule has 0 aliphatic rings. The highest BCUT2D eigenvalue weighted by Gasteiger charge is 2.12. The van der Waals surface area contributed by atoms with Crippen LogP contribution in [0.15, 0.2) is 79.0 Å². The molecular formula is C30H32N2O3. The molecule has 0 aliphatic heterocycles. The Balaban J connectivity index is 1.62. The lowest BCUT2D eigenvalue weighted by Gasteiger charge is -2.14. The van der Waals surface area contributed by atoms with Gasteiger partial charge in [0.1, 0.15) is 17.2 Å². The molecule has 2 N–H and O–H groups in total. The van der Waals surface area contributed by atoms with Gasteiger partial charge in [-0.3, -0.25) is 4.98 Å². The van der Waals surface area contributed by atoms with E-state index in [4.69, 9.17) is 19.9 Å². The molecule has 1 heterocycles. The van der Waals surface area contributed by atoms with Gasteiger partial charge < -0.3 is 19.9 Å². The first-order valence-corrected chi connectivity index (χ1v) is 12.1. The Morgan fingerprint density at radius 2 is 1.37 bits per heavy atom. The summed E-state index contributed by atoms with van der Waals surface area (Å²) >= 11 is 0. The van der Waals surface area contributed by atoms with Gasteiger partial charge in [-0.25, -0.2) is 0 Å². The predicted molar refractivity (Wildman–Crippen MR) is 143 cm³/mol. The van der Waals surface area contributed by atoms with E-state index in [1.165, 1.54) is 0 Å². The first kappa shape index (κ1) is 24.1. The minimum Gasteiger partial charge on any atom is -0.494 e. The molecule has 180 valence electrons. The number of pyridine rings is 1. The van der Waals surface area contributed by atoms with Gasteiger partial charge in [-0.05, 0) is 79.4 Å². The van der Waals surface area contributed by atoms with Crippen LogP contribution in [0.25, 0.3) is 33.5 Å². The molecule has 0 saturated carbocycles. The number of hydrogen-bond acceptors (Lipinski definition) is 5. The summed E-state index contributed by atoms with van der Waals surface area (Å²) in [7, 11) is 0. The third-order valence-electron chi connectivity index (χ3n) is 5.62. The normalized spacial score (nSPS) is 10.7. The maximum absolute atomic E-state index is 6.52. The predicted octanol–water partition coefficient (Wildman–Crippen LogP) is 7.25. The van der Waals surface area contributed by atoms with Crippen LogP contribution in [0.1, 0.15) is 27.2 Å². The monoisotopic (exact) mass is 468 g/mol. The van der Waals surface area contributed by atoms with Crippen molar-refractivity contribution in [2.45, 2.75) is 27.2 Å². The maximum atomic E-state index is 6.52. The summed E-state index contributed by atoms with van der Waals surface area (Å²) in [6.45, 7) is 7.91. The molecule has 0 amide bonds. The van der Waals surface area contributed by atoms with Crippen LogP contribution < -0.4 is 19.9 Å². The van der Waals surface area contributed by atoms with E-state index in [0.717, 1.165) is 63.8 Å². The number of anilines is 1. The van der Waals surface area contributed by atoms with Crippen LogP contribution in [0, 0.1) is 0 Å². The van der Waals surface area contributed by atoms with Gasteiger partial charge in [0, 0.05) is 29.1 Å². The van der Waals surface area contributed by atoms with E-state index in [0.29, 0.717) is 18.9 Å². The quantitative estimate of drug-likeness (QED) is 0.248. The number of nitrogen functional groups attached to an aromatic ring is 1. The molecule has 0 atom stereocenters. The molecular weight excluding hydrogens is 436 g/mol. The van der Waals surface area contributed by atoms with Crippen molar-refractivity contribution in [2.24, 2.45) is 0 Å². The van der Waals surface area contributed by atoms with Gasteiger partial charge in [-0.15, -0.1) is 0 Å². The lowest BCUT2D eigenvalue weighted by molar-refractivity contribution is 0.317. The first-order valence-electron chi connectivity index (χ1n) is 12.1. The Bertz CT molecular complexity index is 1270. The van der Waals surface area contributed by atoms with Gasteiger partial charge in [0.05, 0.1) is 25.5 Å². The second-order valence-electron chi connectivity index (χ2n) is 8.13. The molecule has 0 bridgehead atoms. The Morgan fingerprint density at radius 3 is 2.09 bits per heavy atom. The molecule has 0 spiro atoms. The summed E-state index contributed by atoms with van der Waals surface area (Å²) in [5.74, 6) is 2.41. The largest absolute Gasteiger partial charge is 0.494 e. The SMILES string of the molecule is CCCOc1ccc(-c2ccc(-c3ccnc(-c4ccc(OCC)cc4OCC)c3)c(N)c2)cc1. The van der Waals surface area contributed by atoms with Crippen LogP contribution in [0.4, 0.5) is 5.69 Å². The van der Waals surface area contributed by atoms with Gasteiger partial charge in [0.25, 0.3) is 0 Å². The van der Waals surface area contributed by atoms with Gasteiger partial charge in [-0.1, -0.05) is 31.2 Å². The number of ether oxygens (including phenoxy) is 3. The van der Waals surface area contributed by atoms with Crippen LogP contribution in [-0.2, 0) is 0 Å². The highest BCUT2D eigenvalue weighted by Crippen LogP contribution is 2.36. The zero-order chi connectivity index (χ0) is 24.6. The van der Waals surface area contributed by atoms with E-state index in [1.807, 2.05) is 62.4 Å². The van der Waals surface area contributed by atoms with Crippen LogP contribution in [0.3, 0.4) is 0 Å². The Labute approximate surface area is 207 Å². The smallest absolute Gasteiger partial charge is 0.132 e. The third-order valence-corrected chi connectivity index (χ3v) is 5.62. The lowest BCUT2D eigenvalue weighted by Crippen LogP contribution is -1.98. The summed E-state index contributed by atoms with van der Waals surface area (Å²) < 4.78 is 17.2. The van der Waals surface area contributed by atoms with Crippen molar-refractivity contribution in [1.82, 2.24) is 4.98 Å². The van der Waals surface area contributed by atoms with Gasteiger partial charge in [-0.2, -0.15) is 0 Å². The van der Waals surface area contributed by atoms with Crippen molar-refractivity contribution < 1.29 is 14.2 Å². The van der Waals surface area contributed by atoms with Crippen molar-refractivity contribution in [3.8, 4) is 50.8 Å². The summed E-state index contributed by atoms with van der Waals surface area (Å²) in [6.07, 6.45) is 2.79. The van der Waals surface area contributed by atoms with Crippen molar-refractivity contribution in [3.63, 3.8) is 0 Å². The number of nitrogens with zero attached hydrogens (tertiary/aromatic N) is 1. The molecule has 0 radical (unpaired) electrons. The van der Waals surface area contributed by atoms with Crippen LogP contribution in [0.2, 0.25) is 0 Å². The fourth-order valence-corrected chi connectivity index (χ4v) is 3.96. The molecule has 0 fully saturated rings. The van der Waals surface area contributed by atoms with Crippen molar-refractivity contribution in [3.05, 3.63) is 79.0 Å². The van der Waals surface area contributed by atoms with E-state index >= 15 is 0 Å². The average Bonchev–Trinajstić information content (AvgIpc) is 2.88. The number of aromatic nitrogens is 1. The highest BCUT2D eigenvalue weighted by atomic mass is 16.5. The maximum Gasteiger partial charge on any atom is 0.132 e. The van der Waals surface area contributed by atoms with Gasteiger partial charge in [0.15, 0.2) is 0 Å². The summed E-state index contributed by atoms with van der Waals surface area (Å²) in [5, 5.41) is 0. The summed E-state index contributed by atoms with van der Waals surface area (Å²) in [5.41, 5.74) is 13.1. The fraction of sp³-hybridized carbons (Fsp3) is 0.233. The molecule has 5 nitrogen and oxygen atoms in total. The lowest BCUT2D eigenvalue weighted by atomic mass is 9.97. The molecule has 4 rings (SSSR count). The fourth-order valence-electron chi connectivity index (χ4n) is 3.96. The number of rotatable bonds is 10. The van der Waals surface area contributed by atoms with Crippen molar-refractivity contribution in [2.75, 3.05) is 25.6 Å². The Hall–Kier alpha value is -3.99. The van der Waals surface area contributed by atoms with Crippen molar-refractivity contribution in [1.29, 1.82) is 0 Å². The standard InChI is InChI=1S/C30H32N2O3/c1-4-17-35-24-10-7-21(8-11-24)22-9-13-26(28(31)18-22)23-15-16-32-29(19-23)27-14-12-25(33-5-2)20-30(27)34-6-3/h7-16,18-20H,4-6,17,31H2,1-3H3. The highest BCUT2D eigenvalue weighted by molar-refractivity contribution is 5.83. The topological polar surface area (TPSA) is 66.6 Å². The van der Waals surface area contributed by atoms with E-state index in [9.17, 15) is 0 Å². The molecule has 3 aromatic carbocycles. The number of hydrogen-bond donors (Lipinski definition) is 1. The second-order valence-corrected chi connectivity index (χ2v) is 8.13. The average molecular weight is 469 g/mol. The Kier molecular flexibility index (Phi) is 7.88. The van der Waals surface area contributed by atoms with E-state index in [1.54, 1.807) is 6.20 Å². The third kappa shape index (κ3) is 5.75. The number of nitrogens with two attached hydrogens (primary N) is 1.